The summed E-state index contributed by atoms with van der Waals surface area (Å²) in [4.78, 5) is 16.6. The highest BCUT2D eigenvalue weighted by Crippen LogP contribution is 2.25. The van der Waals surface area contributed by atoms with Crippen LogP contribution in [0.1, 0.15) is 28.8 Å². The lowest BCUT2D eigenvalue weighted by atomic mass is 10.1. The smallest absolute Gasteiger partial charge is 0.289 e. The second-order valence-corrected chi connectivity index (χ2v) is 6.27. The zero-order chi connectivity index (χ0) is 16.4. The molecule has 0 atom stereocenters. The van der Waals surface area contributed by atoms with Gasteiger partial charge in [-0.3, -0.25) is 4.79 Å². The average molecular weight is 333 g/mol. The van der Waals surface area contributed by atoms with E-state index in [0.29, 0.717) is 18.8 Å². The van der Waals surface area contributed by atoms with E-state index in [0.717, 1.165) is 36.0 Å². The molecule has 1 saturated heterocycles. The van der Waals surface area contributed by atoms with Gasteiger partial charge in [-0.1, -0.05) is 24.6 Å². The van der Waals surface area contributed by atoms with Gasteiger partial charge in [0.25, 0.3) is 5.91 Å². The van der Waals surface area contributed by atoms with Crippen LogP contribution < -0.4 is 4.90 Å². The van der Waals surface area contributed by atoms with Crippen LogP contribution >= 0.6 is 11.6 Å². The fourth-order valence-corrected chi connectivity index (χ4v) is 3.08. The maximum atomic E-state index is 12.5. The van der Waals surface area contributed by atoms with Crippen LogP contribution in [0.25, 0.3) is 0 Å². The summed E-state index contributed by atoms with van der Waals surface area (Å²) in [5.74, 6) is 1.27. The Bertz CT molecular complexity index is 703. The van der Waals surface area contributed by atoms with Gasteiger partial charge in [0.2, 0.25) is 0 Å². The average Bonchev–Trinajstić information content (AvgIpc) is 3.06. The number of hydrogen-bond acceptors (Lipinski definition) is 3. The standard InChI is InChI=1S/C18H21ClN2O2/c1-3-15-6-7-17(23-15)18(22)21-10-8-20(9-11-21)16-12-14(19)5-4-13(16)2/h4-7,12H,3,8-11H2,1-2H3. The monoisotopic (exact) mass is 332 g/mol. The third-order valence-corrected chi connectivity index (χ3v) is 4.53. The Morgan fingerprint density at radius 2 is 1.91 bits per heavy atom. The Labute approximate surface area is 141 Å². The van der Waals surface area contributed by atoms with Gasteiger partial charge in [-0.15, -0.1) is 0 Å². The first kappa shape index (κ1) is 15.9. The van der Waals surface area contributed by atoms with Crippen molar-refractivity contribution in [3.63, 3.8) is 0 Å². The van der Waals surface area contributed by atoms with Crippen molar-refractivity contribution in [3.8, 4) is 0 Å². The topological polar surface area (TPSA) is 36.7 Å². The largest absolute Gasteiger partial charge is 0.456 e. The molecule has 122 valence electrons. The molecule has 23 heavy (non-hydrogen) atoms. The molecule has 0 unspecified atom stereocenters. The number of piperazine rings is 1. The van der Waals surface area contributed by atoms with Crippen LogP contribution in [-0.2, 0) is 6.42 Å². The van der Waals surface area contributed by atoms with Gasteiger partial charge in [-0.2, -0.15) is 0 Å². The Morgan fingerprint density at radius 1 is 1.17 bits per heavy atom. The Morgan fingerprint density at radius 3 is 2.57 bits per heavy atom. The zero-order valence-electron chi connectivity index (χ0n) is 13.5. The lowest BCUT2D eigenvalue weighted by Gasteiger charge is -2.36. The van der Waals surface area contributed by atoms with Gasteiger partial charge in [0.15, 0.2) is 5.76 Å². The van der Waals surface area contributed by atoms with Crippen LogP contribution in [0.15, 0.2) is 34.7 Å². The first-order valence-electron chi connectivity index (χ1n) is 7.97. The summed E-state index contributed by atoms with van der Waals surface area (Å²) < 4.78 is 5.57. The second kappa shape index (κ2) is 6.67. The molecule has 0 bridgehead atoms. The van der Waals surface area contributed by atoms with E-state index < -0.39 is 0 Å². The number of nitrogens with zero attached hydrogens (tertiary/aromatic N) is 2. The first-order chi connectivity index (χ1) is 11.1. The molecule has 1 aromatic carbocycles. The minimum atomic E-state index is -0.0211. The third-order valence-electron chi connectivity index (χ3n) is 4.30. The lowest BCUT2D eigenvalue weighted by molar-refractivity contribution is 0.0713. The SMILES string of the molecule is CCc1ccc(C(=O)N2CCN(c3cc(Cl)ccc3C)CC2)o1. The van der Waals surface area contributed by atoms with E-state index in [1.807, 2.05) is 36.1 Å². The number of hydrogen-bond donors (Lipinski definition) is 0. The Hall–Kier alpha value is -1.94. The maximum absolute atomic E-state index is 12.5. The van der Waals surface area contributed by atoms with Crippen LogP contribution in [0.3, 0.4) is 0 Å². The number of carbonyl (C=O) groups excluding carboxylic acids is 1. The van der Waals surface area contributed by atoms with Gasteiger partial charge in [-0.05, 0) is 36.8 Å². The molecule has 5 heteroatoms. The van der Waals surface area contributed by atoms with E-state index in [-0.39, 0.29) is 5.91 Å². The van der Waals surface area contributed by atoms with Crippen molar-refractivity contribution in [2.24, 2.45) is 0 Å². The Kier molecular flexibility index (Phi) is 4.62. The van der Waals surface area contributed by atoms with Gasteiger partial charge < -0.3 is 14.2 Å². The molecule has 0 aliphatic carbocycles. The van der Waals surface area contributed by atoms with Crippen LogP contribution in [0, 0.1) is 6.92 Å². The summed E-state index contributed by atoms with van der Waals surface area (Å²) in [6.45, 7) is 7.07. The van der Waals surface area contributed by atoms with Crippen LogP contribution in [0.4, 0.5) is 5.69 Å². The van der Waals surface area contributed by atoms with Gasteiger partial charge in [-0.25, -0.2) is 0 Å². The summed E-state index contributed by atoms with van der Waals surface area (Å²) in [7, 11) is 0. The molecule has 2 heterocycles. The molecule has 1 aliphatic heterocycles. The molecule has 1 aromatic heterocycles. The van der Waals surface area contributed by atoms with Gasteiger partial charge >= 0.3 is 0 Å². The highest BCUT2D eigenvalue weighted by molar-refractivity contribution is 6.30. The number of halogens is 1. The number of amides is 1. The molecule has 2 aromatic rings. The van der Waals surface area contributed by atoms with E-state index in [2.05, 4.69) is 11.8 Å². The fraction of sp³-hybridized carbons (Fsp3) is 0.389. The van der Waals surface area contributed by atoms with Gasteiger partial charge in [0.05, 0.1) is 0 Å². The lowest BCUT2D eigenvalue weighted by Crippen LogP contribution is -2.48. The van der Waals surface area contributed by atoms with E-state index in [1.165, 1.54) is 5.56 Å². The number of furan rings is 1. The van der Waals surface area contributed by atoms with E-state index >= 15 is 0 Å². The van der Waals surface area contributed by atoms with E-state index in [9.17, 15) is 4.79 Å². The summed E-state index contributed by atoms with van der Waals surface area (Å²) in [5, 5.41) is 0.742. The summed E-state index contributed by atoms with van der Waals surface area (Å²) in [6.07, 6.45) is 0.801. The van der Waals surface area contributed by atoms with Crippen LogP contribution in [0.5, 0.6) is 0 Å². The number of benzene rings is 1. The minimum absolute atomic E-state index is 0.0211. The highest BCUT2D eigenvalue weighted by Gasteiger charge is 2.24. The van der Waals surface area contributed by atoms with Gasteiger partial charge in [0, 0.05) is 43.3 Å². The maximum Gasteiger partial charge on any atom is 0.289 e. The van der Waals surface area contributed by atoms with Crippen molar-refractivity contribution >= 4 is 23.2 Å². The van der Waals surface area contributed by atoms with Crippen molar-refractivity contribution in [1.82, 2.24) is 4.90 Å². The molecule has 0 spiro atoms. The highest BCUT2D eigenvalue weighted by atomic mass is 35.5. The normalized spacial score (nSPS) is 15.1. The van der Waals surface area contributed by atoms with E-state index in [1.54, 1.807) is 6.07 Å². The summed E-state index contributed by atoms with van der Waals surface area (Å²) in [5.41, 5.74) is 2.35. The minimum Gasteiger partial charge on any atom is -0.456 e. The molecular formula is C18H21ClN2O2. The van der Waals surface area contributed by atoms with Crippen molar-refractivity contribution in [1.29, 1.82) is 0 Å². The molecule has 1 aliphatic rings. The third kappa shape index (κ3) is 3.37. The van der Waals surface area contributed by atoms with Crippen molar-refractivity contribution in [2.75, 3.05) is 31.1 Å². The predicted molar refractivity (Wildman–Crippen MR) is 92.4 cm³/mol. The molecule has 1 amide bonds. The van der Waals surface area contributed by atoms with Gasteiger partial charge in [0.1, 0.15) is 5.76 Å². The molecule has 4 nitrogen and oxygen atoms in total. The summed E-state index contributed by atoms with van der Waals surface area (Å²) >= 11 is 6.11. The van der Waals surface area contributed by atoms with Crippen LogP contribution in [0.2, 0.25) is 5.02 Å². The zero-order valence-corrected chi connectivity index (χ0v) is 14.3. The molecule has 0 radical (unpaired) electrons. The molecule has 1 fully saturated rings. The molecule has 3 rings (SSSR count). The van der Waals surface area contributed by atoms with Crippen molar-refractivity contribution < 1.29 is 9.21 Å². The van der Waals surface area contributed by atoms with Crippen LogP contribution in [-0.4, -0.2) is 37.0 Å². The number of aryl methyl sites for hydroxylation is 2. The second-order valence-electron chi connectivity index (χ2n) is 5.83. The van der Waals surface area contributed by atoms with E-state index in [4.69, 9.17) is 16.0 Å². The molecule has 0 N–H and O–H groups in total. The molecule has 0 saturated carbocycles. The predicted octanol–water partition coefficient (Wildman–Crippen LogP) is 3.77. The quantitative estimate of drug-likeness (QED) is 0.858. The fourth-order valence-electron chi connectivity index (χ4n) is 2.91. The molecular weight excluding hydrogens is 312 g/mol. The first-order valence-corrected chi connectivity index (χ1v) is 8.35. The van der Waals surface area contributed by atoms with Crippen molar-refractivity contribution in [2.45, 2.75) is 20.3 Å². The van der Waals surface area contributed by atoms with Crippen molar-refractivity contribution in [3.05, 3.63) is 52.4 Å². The number of carbonyl (C=O) groups is 1. The number of rotatable bonds is 3. The number of anilines is 1. The summed E-state index contributed by atoms with van der Waals surface area (Å²) in [6, 6.07) is 9.58. The Balaban J connectivity index is 1.66.